The molecule has 0 fully saturated rings. The predicted octanol–water partition coefficient (Wildman–Crippen LogP) is 12.6. The Hall–Kier alpha value is -3.73. The van der Waals surface area contributed by atoms with Crippen molar-refractivity contribution in [3.05, 3.63) is 90.0 Å². The number of aromatic nitrogens is 1. The van der Waals surface area contributed by atoms with Gasteiger partial charge in [0.05, 0.1) is 6.26 Å². The fourth-order valence-corrected chi connectivity index (χ4v) is 6.23. The Bertz CT molecular complexity index is 2130. The largest absolute Gasteiger partial charge is 0.512 e. The Morgan fingerprint density at radius 2 is 1.43 bits per heavy atom. The van der Waals surface area contributed by atoms with Gasteiger partial charge in [-0.2, -0.15) is 0 Å². The molecule has 3 heterocycles. The van der Waals surface area contributed by atoms with Crippen LogP contribution < -0.4 is 0 Å². The average molecular weight is 837 g/mol. The molecule has 0 aliphatic carbocycles. The Kier molecular flexibility index (Phi) is 11.4. The minimum atomic E-state index is -0.337. The van der Waals surface area contributed by atoms with Crippen LogP contribution in [0.3, 0.4) is 0 Å². The van der Waals surface area contributed by atoms with E-state index in [4.69, 9.17) is 13.8 Å². The van der Waals surface area contributed by atoms with Gasteiger partial charge in [-0.1, -0.05) is 91.5 Å². The first-order valence-corrected chi connectivity index (χ1v) is 17.3. The maximum atomic E-state index is 12.2. The fraction of sp³-hybridized carbons (Fsp3) is 0.395. The van der Waals surface area contributed by atoms with Gasteiger partial charge in [0, 0.05) is 65.1 Å². The molecular weight excluding hydrogens is 787 g/mol. The summed E-state index contributed by atoms with van der Waals surface area (Å²) in [6.45, 7) is 20.8. The second-order valence-corrected chi connectivity index (χ2v) is 14.7. The maximum absolute atomic E-state index is 12.2. The number of furan rings is 2. The zero-order chi connectivity index (χ0) is 35.0. The van der Waals surface area contributed by atoms with Crippen molar-refractivity contribution < 1.29 is 38.8 Å². The van der Waals surface area contributed by atoms with Crippen molar-refractivity contribution in [3.63, 3.8) is 0 Å². The molecule has 0 atom stereocenters. The molecule has 261 valence electrons. The SMILES string of the molecule is CCC(C)(CC)C(=O)/C=C(\O)C(C)(CC)CC.Cc1coc2c1ccc1c3ccnc(-c4[c-]c5ccccc5c(C(C)(C)C)c4)c3oc12.[Ir]. The van der Waals surface area contributed by atoms with Gasteiger partial charge in [-0.15, -0.1) is 29.1 Å². The van der Waals surface area contributed by atoms with Gasteiger partial charge in [0.1, 0.15) is 11.3 Å². The van der Waals surface area contributed by atoms with Gasteiger partial charge in [0.25, 0.3) is 0 Å². The van der Waals surface area contributed by atoms with Gasteiger partial charge in [-0.3, -0.25) is 9.78 Å². The van der Waals surface area contributed by atoms with E-state index in [-0.39, 0.29) is 47.9 Å². The molecule has 49 heavy (non-hydrogen) atoms. The van der Waals surface area contributed by atoms with Crippen molar-refractivity contribution in [3.8, 4) is 11.3 Å². The number of aliphatic hydroxyl groups is 1. The number of carbonyl (C=O) groups excluding carboxylic acids is 1. The number of hydrogen-bond donors (Lipinski definition) is 1. The van der Waals surface area contributed by atoms with Crippen molar-refractivity contribution in [2.45, 2.75) is 100 Å². The number of fused-ring (bicyclic) bond motifs is 6. The molecule has 1 N–H and O–H groups in total. The topological polar surface area (TPSA) is 76.5 Å². The molecule has 0 bridgehead atoms. The molecule has 0 aliphatic rings. The third-order valence-electron chi connectivity index (χ3n) is 10.7. The summed E-state index contributed by atoms with van der Waals surface area (Å²) in [6, 6.07) is 20.4. The van der Waals surface area contributed by atoms with Gasteiger partial charge < -0.3 is 13.9 Å². The van der Waals surface area contributed by atoms with E-state index >= 15 is 0 Å². The summed E-state index contributed by atoms with van der Waals surface area (Å²) in [5.74, 6) is 0.286. The number of hydrogen-bond acceptors (Lipinski definition) is 5. The van der Waals surface area contributed by atoms with Crippen LogP contribution in [0, 0.1) is 23.8 Å². The van der Waals surface area contributed by atoms with Crippen molar-refractivity contribution in [2.24, 2.45) is 10.8 Å². The first kappa shape index (κ1) is 38.1. The monoisotopic (exact) mass is 837 g/mol. The van der Waals surface area contributed by atoms with E-state index in [0.717, 1.165) is 80.8 Å². The van der Waals surface area contributed by atoms with Crippen LogP contribution in [0.15, 0.2) is 81.7 Å². The van der Waals surface area contributed by atoms with Crippen LogP contribution in [-0.4, -0.2) is 15.9 Å². The second kappa shape index (κ2) is 14.6. The van der Waals surface area contributed by atoms with E-state index in [1.54, 1.807) is 6.26 Å². The van der Waals surface area contributed by atoms with Crippen molar-refractivity contribution >= 4 is 49.5 Å². The van der Waals surface area contributed by atoms with Gasteiger partial charge in [-0.25, -0.2) is 0 Å². The van der Waals surface area contributed by atoms with E-state index in [0.29, 0.717) is 0 Å². The Balaban J connectivity index is 0.000000260. The van der Waals surface area contributed by atoms with Crippen molar-refractivity contribution in [1.29, 1.82) is 0 Å². The molecule has 0 saturated heterocycles. The quantitative estimate of drug-likeness (QED) is 0.0939. The zero-order valence-electron chi connectivity index (χ0n) is 30.6. The number of nitrogens with zero attached hydrogens (tertiary/aromatic N) is 1. The molecule has 0 unspecified atom stereocenters. The third-order valence-corrected chi connectivity index (χ3v) is 10.7. The second-order valence-electron chi connectivity index (χ2n) is 14.7. The molecule has 0 spiro atoms. The summed E-state index contributed by atoms with van der Waals surface area (Å²) in [4.78, 5) is 16.9. The average Bonchev–Trinajstić information content (AvgIpc) is 3.67. The summed E-state index contributed by atoms with van der Waals surface area (Å²) in [7, 11) is 0. The molecule has 1 radical (unpaired) electrons. The molecule has 0 amide bonds. The normalized spacial score (nSPS) is 12.7. The summed E-state index contributed by atoms with van der Waals surface area (Å²) >= 11 is 0. The van der Waals surface area contributed by atoms with Crippen molar-refractivity contribution in [2.75, 3.05) is 0 Å². The molecule has 0 aliphatic heterocycles. The smallest absolute Gasteiger partial charge is 0.177 e. The van der Waals surface area contributed by atoms with Crippen LogP contribution in [0.25, 0.3) is 54.9 Å². The molecule has 6 aromatic rings. The Morgan fingerprint density at radius 1 is 0.816 bits per heavy atom. The minimum absolute atomic E-state index is 0. The number of carbonyl (C=O) groups is 1. The van der Waals surface area contributed by atoms with E-state index < -0.39 is 0 Å². The Labute approximate surface area is 304 Å². The first-order valence-electron chi connectivity index (χ1n) is 17.3. The number of aliphatic hydroxyl groups excluding tert-OH is 1. The number of pyridine rings is 1. The van der Waals surface area contributed by atoms with Crippen LogP contribution in [0.5, 0.6) is 0 Å². The third kappa shape index (κ3) is 7.14. The predicted molar refractivity (Wildman–Crippen MR) is 200 cm³/mol. The summed E-state index contributed by atoms with van der Waals surface area (Å²) in [5, 5.41) is 15.6. The molecule has 6 rings (SSSR count). The van der Waals surface area contributed by atoms with Crippen LogP contribution >= 0.6 is 0 Å². The maximum Gasteiger partial charge on any atom is 0.177 e. The first-order chi connectivity index (χ1) is 22.7. The molecule has 3 aromatic heterocycles. The van der Waals surface area contributed by atoms with E-state index in [9.17, 15) is 9.90 Å². The van der Waals surface area contributed by atoms with Crippen LogP contribution in [-0.2, 0) is 30.3 Å². The molecule has 0 saturated carbocycles. The molecule has 6 heteroatoms. The van der Waals surface area contributed by atoms with E-state index in [2.05, 4.69) is 69.3 Å². The number of allylic oxidation sites excluding steroid dienone is 2. The summed E-state index contributed by atoms with van der Waals surface area (Å²) in [5.41, 5.74) is 5.84. The number of rotatable bonds is 8. The zero-order valence-corrected chi connectivity index (χ0v) is 33.0. The molecule has 5 nitrogen and oxygen atoms in total. The Morgan fingerprint density at radius 3 is 2.06 bits per heavy atom. The number of benzene rings is 3. The van der Waals surface area contributed by atoms with Gasteiger partial charge in [-0.05, 0) is 61.8 Å². The fourth-order valence-electron chi connectivity index (χ4n) is 6.23. The molecule has 3 aromatic carbocycles. The van der Waals surface area contributed by atoms with Crippen LogP contribution in [0.4, 0.5) is 0 Å². The number of aryl methyl sites for hydroxylation is 1. The van der Waals surface area contributed by atoms with Gasteiger partial charge in [0.15, 0.2) is 16.9 Å². The van der Waals surface area contributed by atoms with E-state index in [1.807, 2.05) is 60.7 Å². The van der Waals surface area contributed by atoms with E-state index in [1.165, 1.54) is 17.0 Å². The standard InChI is InChI=1S/C28H22NO2.C15H28O2.Ir/c1-16-15-30-26-19(16)9-10-21-22-11-12-29-24(25(22)31-27(21)26)18-13-17-7-5-6-8-20(17)23(14-18)28(2,3)4;1-7-14(5,8-2)12(16)11-13(17)15(6,9-3)10-4;/h5-12,14-15H,1-4H3;11,16H,7-10H2,1-6H3;/q-1;;/b;12-11-;. The summed E-state index contributed by atoms with van der Waals surface area (Å²) < 4.78 is 12.3. The number of ketones is 1. The van der Waals surface area contributed by atoms with Crippen LogP contribution in [0.1, 0.15) is 99.1 Å². The van der Waals surface area contributed by atoms with Crippen LogP contribution in [0.2, 0.25) is 0 Å². The molecular formula is C43H50IrNO4-. The van der Waals surface area contributed by atoms with Gasteiger partial charge >= 0.3 is 0 Å². The minimum Gasteiger partial charge on any atom is -0.512 e. The summed E-state index contributed by atoms with van der Waals surface area (Å²) in [6.07, 6.45) is 8.39. The van der Waals surface area contributed by atoms with Gasteiger partial charge in [0.2, 0.25) is 0 Å². The van der Waals surface area contributed by atoms with Crippen molar-refractivity contribution in [1.82, 2.24) is 4.98 Å².